The van der Waals surface area contributed by atoms with Gasteiger partial charge in [-0.1, -0.05) is 23.8 Å². The molecule has 2 rings (SSSR count). The van der Waals surface area contributed by atoms with E-state index in [0.29, 0.717) is 5.69 Å². The molecule has 0 spiro atoms. The predicted octanol–water partition coefficient (Wildman–Crippen LogP) is 3.19. The molecule has 2 N–H and O–H groups in total. The van der Waals surface area contributed by atoms with E-state index >= 15 is 0 Å². The van der Waals surface area contributed by atoms with Crippen LogP contribution in [-0.4, -0.2) is 23.1 Å². The Balaban J connectivity index is 2.03. The Bertz CT molecular complexity index is 740. The van der Waals surface area contributed by atoms with Gasteiger partial charge >= 0.3 is 5.97 Å². The lowest BCUT2D eigenvalue weighted by Gasteiger charge is -2.14. The van der Waals surface area contributed by atoms with E-state index in [9.17, 15) is 14.7 Å². The van der Waals surface area contributed by atoms with Crippen molar-refractivity contribution in [3.8, 4) is 5.75 Å². The molecule has 1 atom stereocenters. The van der Waals surface area contributed by atoms with Crippen LogP contribution in [0.25, 0.3) is 0 Å². The van der Waals surface area contributed by atoms with Crippen LogP contribution >= 0.6 is 0 Å². The first-order valence-corrected chi connectivity index (χ1v) is 7.25. The van der Waals surface area contributed by atoms with Gasteiger partial charge in [0.05, 0.1) is 0 Å². The van der Waals surface area contributed by atoms with E-state index < -0.39 is 18.0 Å². The first-order chi connectivity index (χ1) is 10.9. The first-order valence-electron chi connectivity index (χ1n) is 7.25. The minimum Gasteiger partial charge on any atom is -0.507 e. The Labute approximate surface area is 134 Å². The maximum absolute atomic E-state index is 12.1. The molecule has 2 aromatic carbocycles. The number of hydrogen-bond donors (Lipinski definition) is 2. The molecule has 0 saturated heterocycles. The number of phenolic OH excluding ortho intramolecular Hbond substituents is 1. The highest BCUT2D eigenvalue weighted by molar-refractivity contribution is 5.98. The average molecular weight is 313 g/mol. The molecule has 23 heavy (non-hydrogen) atoms. The molecule has 0 aliphatic heterocycles. The van der Waals surface area contributed by atoms with Gasteiger partial charge in [0, 0.05) is 5.69 Å². The van der Waals surface area contributed by atoms with Crippen molar-refractivity contribution in [3.05, 3.63) is 59.2 Å². The Hall–Kier alpha value is -2.82. The third-order valence-corrected chi connectivity index (χ3v) is 3.31. The van der Waals surface area contributed by atoms with Gasteiger partial charge in [0.2, 0.25) is 0 Å². The van der Waals surface area contributed by atoms with E-state index in [1.165, 1.54) is 19.1 Å². The number of phenols is 1. The number of aromatic hydroxyl groups is 1. The van der Waals surface area contributed by atoms with Crippen LogP contribution in [0.15, 0.2) is 42.5 Å². The van der Waals surface area contributed by atoms with Gasteiger partial charge in [-0.05, 0) is 50.6 Å². The van der Waals surface area contributed by atoms with Crippen LogP contribution in [-0.2, 0) is 9.53 Å². The van der Waals surface area contributed by atoms with Gasteiger partial charge in [-0.25, -0.2) is 4.79 Å². The molecule has 1 amide bonds. The smallest absolute Gasteiger partial charge is 0.342 e. The molecular weight excluding hydrogens is 294 g/mol. The number of anilines is 1. The van der Waals surface area contributed by atoms with Crippen LogP contribution in [0.5, 0.6) is 5.75 Å². The number of hydrogen-bond acceptors (Lipinski definition) is 4. The summed E-state index contributed by atoms with van der Waals surface area (Å²) in [6, 6.07) is 11.9. The molecule has 5 nitrogen and oxygen atoms in total. The van der Waals surface area contributed by atoms with E-state index in [1.54, 1.807) is 19.1 Å². The van der Waals surface area contributed by atoms with Crippen molar-refractivity contribution in [2.24, 2.45) is 0 Å². The normalized spacial score (nSPS) is 11.6. The molecule has 0 heterocycles. The summed E-state index contributed by atoms with van der Waals surface area (Å²) in [4.78, 5) is 24.2. The van der Waals surface area contributed by atoms with Gasteiger partial charge in [-0.15, -0.1) is 0 Å². The van der Waals surface area contributed by atoms with E-state index in [4.69, 9.17) is 4.74 Å². The lowest BCUT2D eigenvalue weighted by Crippen LogP contribution is -2.30. The second-order valence-corrected chi connectivity index (χ2v) is 5.43. The maximum atomic E-state index is 12.1. The third-order valence-electron chi connectivity index (χ3n) is 3.31. The topological polar surface area (TPSA) is 75.6 Å². The summed E-state index contributed by atoms with van der Waals surface area (Å²) in [5, 5.41) is 12.4. The Morgan fingerprint density at radius 3 is 2.48 bits per heavy atom. The zero-order chi connectivity index (χ0) is 17.0. The first kappa shape index (κ1) is 16.5. The van der Waals surface area contributed by atoms with Crippen molar-refractivity contribution in [3.63, 3.8) is 0 Å². The molecule has 120 valence electrons. The Morgan fingerprint density at radius 2 is 1.78 bits per heavy atom. The van der Waals surface area contributed by atoms with Crippen LogP contribution in [0.2, 0.25) is 0 Å². The van der Waals surface area contributed by atoms with Gasteiger partial charge in [0.15, 0.2) is 6.10 Å². The number of aryl methyl sites for hydroxylation is 2. The van der Waals surface area contributed by atoms with Crippen molar-refractivity contribution in [2.75, 3.05) is 5.32 Å². The number of nitrogens with one attached hydrogen (secondary N) is 1. The molecule has 2 aromatic rings. The number of carbonyl (C=O) groups is 2. The number of benzene rings is 2. The van der Waals surface area contributed by atoms with E-state index in [0.717, 1.165) is 11.1 Å². The van der Waals surface area contributed by atoms with E-state index in [1.807, 2.05) is 25.1 Å². The summed E-state index contributed by atoms with van der Waals surface area (Å²) in [6.07, 6.45) is -0.983. The monoisotopic (exact) mass is 313 g/mol. The highest BCUT2D eigenvalue weighted by Crippen LogP contribution is 2.20. The van der Waals surface area contributed by atoms with Crippen molar-refractivity contribution in [1.82, 2.24) is 0 Å². The third kappa shape index (κ3) is 4.32. The highest BCUT2D eigenvalue weighted by Gasteiger charge is 2.21. The summed E-state index contributed by atoms with van der Waals surface area (Å²) < 4.78 is 5.13. The lowest BCUT2D eigenvalue weighted by atomic mass is 10.1. The fourth-order valence-electron chi connectivity index (χ4n) is 2.06. The highest BCUT2D eigenvalue weighted by atomic mass is 16.5. The Morgan fingerprint density at radius 1 is 1.09 bits per heavy atom. The molecule has 5 heteroatoms. The fourth-order valence-corrected chi connectivity index (χ4v) is 2.06. The maximum Gasteiger partial charge on any atom is 0.342 e. The quantitative estimate of drug-likeness (QED) is 0.850. The van der Waals surface area contributed by atoms with Crippen LogP contribution < -0.4 is 5.32 Å². The van der Waals surface area contributed by atoms with Crippen LogP contribution in [0.3, 0.4) is 0 Å². The second kappa shape index (κ2) is 6.96. The van der Waals surface area contributed by atoms with Crippen molar-refractivity contribution < 1.29 is 19.4 Å². The molecule has 0 radical (unpaired) electrons. The van der Waals surface area contributed by atoms with Gasteiger partial charge in [-0.2, -0.15) is 0 Å². The summed E-state index contributed by atoms with van der Waals surface area (Å²) in [6.45, 7) is 5.19. The number of ether oxygens (including phenoxy) is 1. The van der Waals surface area contributed by atoms with Gasteiger partial charge in [-0.3, -0.25) is 4.79 Å². The summed E-state index contributed by atoms with van der Waals surface area (Å²) in [5.41, 5.74) is 2.50. The largest absolute Gasteiger partial charge is 0.507 e. The molecule has 0 unspecified atom stereocenters. The Kier molecular flexibility index (Phi) is 5.01. The summed E-state index contributed by atoms with van der Waals surface area (Å²) in [5.74, 6) is -1.35. The summed E-state index contributed by atoms with van der Waals surface area (Å²) in [7, 11) is 0. The number of carbonyl (C=O) groups excluding carboxylic acids is 2. The van der Waals surface area contributed by atoms with Crippen LogP contribution in [0, 0.1) is 13.8 Å². The van der Waals surface area contributed by atoms with Crippen molar-refractivity contribution >= 4 is 17.6 Å². The molecular formula is C18H19NO4. The van der Waals surface area contributed by atoms with Crippen molar-refractivity contribution in [1.29, 1.82) is 0 Å². The van der Waals surface area contributed by atoms with Crippen molar-refractivity contribution in [2.45, 2.75) is 26.9 Å². The number of esters is 1. The lowest BCUT2D eigenvalue weighted by molar-refractivity contribution is -0.123. The molecule has 0 aliphatic carbocycles. The minimum absolute atomic E-state index is 0.0419. The molecule has 0 aliphatic rings. The van der Waals surface area contributed by atoms with Crippen LogP contribution in [0.1, 0.15) is 28.4 Å². The number of rotatable bonds is 4. The van der Waals surface area contributed by atoms with E-state index in [-0.39, 0.29) is 11.3 Å². The van der Waals surface area contributed by atoms with Crippen LogP contribution in [0.4, 0.5) is 5.69 Å². The minimum atomic E-state index is -0.983. The van der Waals surface area contributed by atoms with E-state index in [2.05, 4.69) is 5.32 Å². The summed E-state index contributed by atoms with van der Waals surface area (Å²) >= 11 is 0. The predicted molar refractivity (Wildman–Crippen MR) is 87.5 cm³/mol. The molecule has 0 fully saturated rings. The standard InChI is InChI=1S/C18H19NO4/c1-11-5-4-6-14(9-11)19-17(21)13(3)23-18(22)15-10-12(2)7-8-16(15)20/h4-10,13,20H,1-3H3,(H,19,21)/t13-/m1/s1. The van der Waals surface area contributed by atoms with Gasteiger partial charge in [0.1, 0.15) is 11.3 Å². The fraction of sp³-hybridized carbons (Fsp3) is 0.222. The average Bonchev–Trinajstić information content (AvgIpc) is 2.49. The SMILES string of the molecule is Cc1cccc(NC(=O)[C@@H](C)OC(=O)c2cc(C)ccc2O)c1. The zero-order valence-corrected chi connectivity index (χ0v) is 13.3. The second-order valence-electron chi connectivity index (χ2n) is 5.43. The zero-order valence-electron chi connectivity index (χ0n) is 13.3. The molecule has 0 bridgehead atoms. The van der Waals surface area contributed by atoms with Gasteiger partial charge in [0.25, 0.3) is 5.91 Å². The molecule has 0 aromatic heterocycles. The molecule has 0 saturated carbocycles. The van der Waals surface area contributed by atoms with Gasteiger partial charge < -0.3 is 15.2 Å². The number of amides is 1.